The number of esters is 1. The molecule has 0 spiro atoms. The van der Waals surface area contributed by atoms with Gasteiger partial charge in [-0.25, -0.2) is 0 Å². The molecule has 0 aliphatic heterocycles. The number of hydrogen-bond acceptors (Lipinski definition) is 3. The Morgan fingerprint density at radius 2 is 2.07 bits per heavy atom. The lowest BCUT2D eigenvalue weighted by Gasteiger charge is -2.05. The highest BCUT2D eigenvalue weighted by molar-refractivity contribution is 8.02. The number of hydrogen-bond donors (Lipinski definition) is 0. The number of rotatable bonds is 4. The molecule has 0 aliphatic carbocycles. The molecule has 0 aromatic heterocycles. The molecule has 0 saturated carbocycles. The second-order valence-electron chi connectivity index (χ2n) is 3.07. The predicted molar refractivity (Wildman–Crippen MR) is 62.7 cm³/mol. The van der Waals surface area contributed by atoms with Crippen molar-refractivity contribution in [3.05, 3.63) is 41.8 Å². The van der Waals surface area contributed by atoms with E-state index in [9.17, 15) is 4.79 Å². The second-order valence-corrected chi connectivity index (χ2v) is 4.05. The standard InChI is InChI=1S/C12H14O2S/c1-10(14-11(2)13)8-9-15-12-6-4-3-5-7-12/h3-10H,1-2H3/b9-8+. The summed E-state index contributed by atoms with van der Waals surface area (Å²) in [6.45, 7) is 3.25. The van der Waals surface area contributed by atoms with Gasteiger partial charge >= 0.3 is 5.97 Å². The third kappa shape index (κ3) is 5.27. The van der Waals surface area contributed by atoms with E-state index in [-0.39, 0.29) is 12.1 Å². The third-order valence-corrected chi connectivity index (χ3v) is 2.49. The molecule has 0 heterocycles. The Morgan fingerprint density at radius 3 is 2.67 bits per heavy atom. The maximum atomic E-state index is 10.6. The van der Waals surface area contributed by atoms with Gasteiger partial charge in [0.1, 0.15) is 6.10 Å². The number of benzene rings is 1. The van der Waals surface area contributed by atoms with Crippen LogP contribution in [0.5, 0.6) is 0 Å². The van der Waals surface area contributed by atoms with Crippen molar-refractivity contribution in [1.29, 1.82) is 0 Å². The summed E-state index contributed by atoms with van der Waals surface area (Å²) in [6.07, 6.45) is 1.69. The van der Waals surface area contributed by atoms with Crippen LogP contribution < -0.4 is 0 Å². The van der Waals surface area contributed by atoms with Crippen LogP contribution in [0.2, 0.25) is 0 Å². The second kappa shape index (κ2) is 6.30. The maximum Gasteiger partial charge on any atom is 0.303 e. The highest BCUT2D eigenvalue weighted by atomic mass is 32.2. The molecule has 1 rings (SSSR count). The van der Waals surface area contributed by atoms with Gasteiger partial charge in [-0.15, -0.1) is 0 Å². The highest BCUT2D eigenvalue weighted by Gasteiger charge is 1.99. The van der Waals surface area contributed by atoms with Gasteiger partial charge in [0, 0.05) is 11.8 Å². The van der Waals surface area contributed by atoms with Crippen LogP contribution in [0.25, 0.3) is 0 Å². The van der Waals surface area contributed by atoms with Crippen molar-refractivity contribution in [1.82, 2.24) is 0 Å². The fourth-order valence-corrected chi connectivity index (χ4v) is 1.80. The minimum absolute atomic E-state index is 0.168. The molecule has 2 nitrogen and oxygen atoms in total. The van der Waals surface area contributed by atoms with E-state index in [4.69, 9.17) is 4.74 Å². The summed E-state index contributed by atoms with van der Waals surface area (Å²) in [7, 11) is 0. The number of carbonyl (C=O) groups excluding carboxylic acids is 1. The monoisotopic (exact) mass is 222 g/mol. The molecular weight excluding hydrogens is 208 g/mol. The summed E-state index contributed by atoms with van der Waals surface area (Å²) in [5.41, 5.74) is 0. The van der Waals surface area contributed by atoms with Crippen LogP contribution in [-0.2, 0) is 9.53 Å². The lowest BCUT2D eigenvalue weighted by molar-refractivity contribution is -0.143. The summed E-state index contributed by atoms with van der Waals surface area (Å²) in [5.74, 6) is -0.253. The van der Waals surface area contributed by atoms with Crippen molar-refractivity contribution in [2.75, 3.05) is 0 Å². The van der Waals surface area contributed by atoms with E-state index in [1.54, 1.807) is 11.8 Å². The fourth-order valence-electron chi connectivity index (χ4n) is 1.03. The molecule has 3 heteroatoms. The van der Waals surface area contributed by atoms with Crippen LogP contribution in [-0.4, -0.2) is 12.1 Å². The Balaban J connectivity index is 2.36. The molecular formula is C12H14O2S. The molecule has 1 aromatic carbocycles. The van der Waals surface area contributed by atoms with Gasteiger partial charge in [-0.05, 0) is 30.5 Å². The molecule has 1 unspecified atom stereocenters. The summed E-state index contributed by atoms with van der Waals surface area (Å²) < 4.78 is 4.95. The van der Waals surface area contributed by atoms with E-state index in [1.807, 2.05) is 48.7 Å². The van der Waals surface area contributed by atoms with Crippen molar-refractivity contribution in [3.63, 3.8) is 0 Å². The van der Waals surface area contributed by atoms with Crippen molar-refractivity contribution in [3.8, 4) is 0 Å². The topological polar surface area (TPSA) is 26.3 Å². The van der Waals surface area contributed by atoms with E-state index in [1.165, 1.54) is 11.8 Å². The molecule has 0 N–H and O–H groups in total. The average Bonchev–Trinajstić information content (AvgIpc) is 2.18. The molecule has 0 amide bonds. The van der Waals surface area contributed by atoms with Crippen molar-refractivity contribution in [2.24, 2.45) is 0 Å². The van der Waals surface area contributed by atoms with Gasteiger partial charge in [0.15, 0.2) is 0 Å². The van der Waals surface area contributed by atoms with Gasteiger partial charge in [0.2, 0.25) is 0 Å². The highest BCUT2D eigenvalue weighted by Crippen LogP contribution is 2.18. The van der Waals surface area contributed by atoms with Gasteiger partial charge in [0.05, 0.1) is 0 Å². The Labute approximate surface area is 94.3 Å². The zero-order valence-electron chi connectivity index (χ0n) is 8.84. The minimum atomic E-state index is -0.253. The molecule has 15 heavy (non-hydrogen) atoms. The van der Waals surface area contributed by atoms with Crippen LogP contribution in [0.1, 0.15) is 13.8 Å². The lowest BCUT2D eigenvalue weighted by Crippen LogP contribution is -2.08. The van der Waals surface area contributed by atoms with E-state index < -0.39 is 0 Å². The molecule has 0 saturated heterocycles. The van der Waals surface area contributed by atoms with Crippen LogP contribution in [0.4, 0.5) is 0 Å². The normalized spacial score (nSPS) is 12.7. The smallest absolute Gasteiger partial charge is 0.303 e. The largest absolute Gasteiger partial charge is 0.459 e. The zero-order valence-corrected chi connectivity index (χ0v) is 9.66. The first-order valence-corrected chi connectivity index (χ1v) is 5.62. The number of carbonyl (C=O) groups is 1. The lowest BCUT2D eigenvalue weighted by atomic mass is 10.4. The van der Waals surface area contributed by atoms with Gasteiger partial charge in [-0.3, -0.25) is 4.79 Å². The molecule has 1 aromatic rings. The van der Waals surface area contributed by atoms with E-state index >= 15 is 0 Å². The molecule has 1 atom stereocenters. The first-order chi connectivity index (χ1) is 7.18. The number of thioether (sulfide) groups is 1. The van der Waals surface area contributed by atoms with Gasteiger partial charge < -0.3 is 4.74 Å². The average molecular weight is 222 g/mol. The molecule has 80 valence electrons. The summed E-state index contributed by atoms with van der Waals surface area (Å²) in [6, 6.07) is 10.0. The summed E-state index contributed by atoms with van der Waals surface area (Å²) in [5, 5.41) is 1.93. The molecule has 0 fully saturated rings. The maximum absolute atomic E-state index is 10.6. The van der Waals surface area contributed by atoms with Crippen LogP contribution in [0, 0.1) is 0 Å². The van der Waals surface area contributed by atoms with E-state index in [0.29, 0.717) is 0 Å². The zero-order chi connectivity index (χ0) is 11.1. The van der Waals surface area contributed by atoms with Crippen LogP contribution >= 0.6 is 11.8 Å². The van der Waals surface area contributed by atoms with Gasteiger partial charge in [-0.2, -0.15) is 0 Å². The predicted octanol–water partition coefficient (Wildman–Crippen LogP) is 3.24. The van der Waals surface area contributed by atoms with Crippen molar-refractivity contribution < 1.29 is 9.53 Å². The Bertz CT molecular complexity index is 333. The van der Waals surface area contributed by atoms with Crippen LogP contribution in [0.3, 0.4) is 0 Å². The minimum Gasteiger partial charge on any atom is -0.459 e. The quantitative estimate of drug-likeness (QED) is 0.578. The van der Waals surface area contributed by atoms with Crippen molar-refractivity contribution in [2.45, 2.75) is 24.8 Å². The number of ether oxygens (including phenoxy) is 1. The van der Waals surface area contributed by atoms with Gasteiger partial charge in [-0.1, -0.05) is 30.0 Å². The molecule has 0 radical (unpaired) electrons. The fraction of sp³-hybridized carbons (Fsp3) is 0.250. The Morgan fingerprint density at radius 1 is 1.40 bits per heavy atom. The van der Waals surface area contributed by atoms with Gasteiger partial charge in [0.25, 0.3) is 0 Å². The van der Waals surface area contributed by atoms with E-state index in [0.717, 1.165) is 0 Å². The SMILES string of the molecule is CC(=O)OC(C)/C=C/Sc1ccccc1. The third-order valence-electron chi connectivity index (χ3n) is 1.65. The summed E-state index contributed by atoms with van der Waals surface area (Å²) in [4.78, 5) is 11.8. The first-order valence-electron chi connectivity index (χ1n) is 4.74. The summed E-state index contributed by atoms with van der Waals surface area (Å²) >= 11 is 1.60. The van der Waals surface area contributed by atoms with Crippen LogP contribution in [0.15, 0.2) is 46.7 Å². The first kappa shape index (κ1) is 11.9. The Kier molecular flexibility index (Phi) is 4.98. The Hall–Kier alpha value is -1.22. The van der Waals surface area contributed by atoms with E-state index in [2.05, 4.69) is 0 Å². The molecule has 0 aliphatic rings. The molecule has 0 bridgehead atoms. The van der Waals surface area contributed by atoms with Crippen molar-refractivity contribution >= 4 is 17.7 Å².